The lowest BCUT2D eigenvalue weighted by atomic mass is 10.0. The van der Waals surface area contributed by atoms with E-state index in [0.29, 0.717) is 24.2 Å². The van der Waals surface area contributed by atoms with Gasteiger partial charge in [-0.1, -0.05) is 0 Å². The Morgan fingerprint density at radius 3 is 2.70 bits per heavy atom. The van der Waals surface area contributed by atoms with E-state index in [4.69, 9.17) is 4.74 Å². The monoisotopic (exact) mass is 276 g/mol. The Labute approximate surface area is 118 Å². The molecule has 0 aromatic carbocycles. The van der Waals surface area contributed by atoms with Crippen LogP contribution in [0.4, 0.5) is 0 Å². The van der Waals surface area contributed by atoms with Crippen LogP contribution in [0.3, 0.4) is 0 Å². The number of hydrogen-bond acceptors (Lipinski definition) is 4. The Kier molecular flexibility index (Phi) is 4.37. The number of ether oxygens (including phenoxy) is 1. The maximum absolute atomic E-state index is 12.6. The smallest absolute Gasteiger partial charge is 0.328 e. The molecule has 1 saturated heterocycles. The van der Waals surface area contributed by atoms with Gasteiger partial charge in [0.2, 0.25) is 0 Å². The standard InChI is InChI=1S/C15H20N2O3/c1-10-7-8-12(11(2)16-10)14(18)17-9-5-4-6-13(17)15(19)20-3/h7-8,13H,4-6,9H2,1-3H3. The lowest BCUT2D eigenvalue weighted by molar-refractivity contribution is -0.147. The normalized spacial score (nSPS) is 18.8. The summed E-state index contributed by atoms with van der Waals surface area (Å²) in [4.78, 5) is 30.4. The Bertz CT molecular complexity index is 528. The fraction of sp³-hybridized carbons (Fsp3) is 0.533. The second kappa shape index (κ2) is 6.03. The van der Waals surface area contributed by atoms with E-state index in [9.17, 15) is 9.59 Å². The maximum Gasteiger partial charge on any atom is 0.328 e. The number of hydrogen-bond donors (Lipinski definition) is 0. The van der Waals surface area contributed by atoms with Crippen LogP contribution in [-0.2, 0) is 9.53 Å². The van der Waals surface area contributed by atoms with Crippen LogP contribution in [0.5, 0.6) is 0 Å². The minimum atomic E-state index is -0.470. The van der Waals surface area contributed by atoms with Crippen molar-refractivity contribution in [3.63, 3.8) is 0 Å². The van der Waals surface area contributed by atoms with Crippen molar-refractivity contribution in [2.45, 2.75) is 39.2 Å². The molecule has 1 unspecified atom stereocenters. The highest BCUT2D eigenvalue weighted by molar-refractivity contribution is 5.97. The zero-order chi connectivity index (χ0) is 14.7. The van der Waals surface area contributed by atoms with Gasteiger partial charge in [0.05, 0.1) is 18.4 Å². The van der Waals surface area contributed by atoms with Gasteiger partial charge < -0.3 is 9.64 Å². The van der Waals surface area contributed by atoms with Crippen LogP contribution in [0.25, 0.3) is 0 Å². The van der Waals surface area contributed by atoms with Crippen LogP contribution in [0, 0.1) is 13.8 Å². The van der Waals surface area contributed by atoms with Crippen molar-refractivity contribution in [1.82, 2.24) is 9.88 Å². The van der Waals surface area contributed by atoms with Crippen LogP contribution < -0.4 is 0 Å². The summed E-state index contributed by atoms with van der Waals surface area (Å²) in [7, 11) is 1.36. The summed E-state index contributed by atoms with van der Waals surface area (Å²) in [5.74, 6) is -0.471. The molecular formula is C15H20N2O3. The zero-order valence-electron chi connectivity index (χ0n) is 12.2. The number of piperidine rings is 1. The molecule has 5 nitrogen and oxygen atoms in total. The molecule has 1 aromatic rings. The van der Waals surface area contributed by atoms with Crippen molar-refractivity contribution in [3.8, 4) is 0 Å². The summed E-state index contributed by atoms with van der Waals surface area (Å²) >= 11 is 0. The molecule has 0 saturated carbocycles. The molecule has 5 heteroatoms. The van der Waals surface area contributed by atoms with Crippen molar-refractivity contribution < 1.29 is 14.3 Å². The van der Waals surface area contributed by atoms with Gasteiger partial charge in [0.15, 0.2) is 0 Å². The van der Waals surface area contributed by atoms with Crippen LogP contribution in [0.2, 0.25) is 0 Å². The Morgan fingerprint density at radius 2 is 2.05 bits per heavy atom. The fourth-order valence-corrected chi connectivity index (χ4v) is 2.62. The first kappa shape index (κ1) is 14.5. The number of rotatable bonds is 2. The lowest BCUT2D eigenvalue weighted by Crippen LogP contribution is -2.48. The van der Waals surface area contributed by atoms with Gasteiger partial charge in [-0.3, -0.25) is 9.78 Å². The zero-order valence-corrected chi connectivity index (χ0v) is 12.2. The number of nitrogens with zero attached hydrogens (tertiary/aromatic N) is 2. The highest BCUT2D eigenvalue weighted by atomic mass is 16.5. The summed E-state index contributed by atoms with van der Waals surface area (Å²) in [5.41, 5.74) is 2.14. The fourth-order valence-electron chi connectivity index (χ4n) is 2.62. The predicted molar refractivity (Wildman–Crippen MR) is 74.4 cm³/mol. The molecule has 20 heavy (non-hydrogen) atoms. The number of methoxy groups -OCH3 is 1. The number of carbonyl (C=O) groups is 2. The van der Waals surface area contributed by atoms with Crippen molar-refractivity contribution >= 4 is 11.9 Å². The molecule has 108 valence electrons. The third-order valence-electron chi connectivity index (χ3n) is 3.69. The summed E-state index contributed by atoms with van der Waals surface area (Å²) in [6.45, 7) is 4.29. The van der Waals surface area contributed by atoms with Crippen molar-refractivity contribution in [1.29, 1.82) is 0 Å². The molecule has 0 aliphatic carbocycles. The SMILES string of the molecule is COC(=O)C1CCCCN1C(=O)c1ccc(C)nc1C. The average molecular weight is 276 g/mol. The number of aryl methyl sites for hydroxylation is 2. The molecule has 1 aliphatic rings. The third-order valence-corrected chi connectivity index (χ3v) is 3.69. The maximum atomic E-state index is 12.6. The Balaban J connectivity index is 2.27. The average Bonchev–Trinajstić information content (AvgIpc) is 2.46. The van der Waals surface area contributed by atoms with Gasteiger partial charge in [0.1, 0.15) is 6.04 Å². The molecule has 0 spiro atoms. The van der Waals surface area contributed by atoms with Crippen molar-refractivity contribution in [3.05, 3.63) is 29.1 Å². The topological polar surface area (TPSA) is 59.5 Å². The first-order valence-corrected chi connectivity index (χ1v) is 6.87. The van der Waals surface area contributed by atoms with Crippen LogP contribution in [0.1, 0.15) is 41.0 Å². The quantitative estimate of drug-likeness (QED) is 0.774. The van der Waals surface area contributed by atoms with Gasteiger partial charge in [0.25, 0.3) is 5.91 Å². The summed E-state index contributed by atoms with van der Waals surface area (Å²) in [6, 6.07) is 3.13. The van der Waals surface area contributed by atoms with E-state index in [1.54, 1.807) is 11.0 Å². The minimum Gasteiger partial charge on any atom is -0.467 e. The number of aromatic nitrogens is 1. The summed E-state index contributed by atoms with van der Waals surface area (Å²) in [6.07, 6.45) is 2.52. The molecule has 1 aromatic heterocycles. The first-order valence-electron chi connectivity index (χ1n) is 6.87. The molecule has 1 aliphatic heterocycles. The molecule has 0 N–H and O–H groups in total. The molecule has 1 fully saturated rings. The largest absolute Gasteiger partial charge is 0.467 e. The number of amides is 1. The summed E-state index contributed by atoms with van der Waals surface area (Å²) in [5, 5.41) is 0. The first-order chi connectivity index (χ1) is 9.54. The molecule has 0 bridgehead atoms. The Hall–Kier alpha value is -1.91. The highest BCUT2D eigenvalue weighted by Crippen LogP contribution is 2.21. The van der Waals surface area contributed by atoms with E-state index in [1.807, 2.05) is 19.9 Å². The number of carbonyl (C=O) groups excluding carboxylic acids is 2. The van der Waals surface area contributed by atoms with Gasteiger partial charge in [-0.05, 0) is 45.2 Å². The van der Waals surface area contributed by atoms with E-state index in [2.05, 4.69) is 4.98 Å². The van der Waals surface area contributed by atoms with Crippen molar-refractivity contribution in [2.75, 3.05) is 13.7 Å². The molecule has 2 rings (SSSR count). The third kappa shape index (κ3) is 2.81. The second-order valence-electron chi connectivity index (χ2n) is 5.12. The lowest BCUT2D eigenvalue weighted by Gasteiger charge is -2.34. The molecule has 1 amide bonds. The molecular weight excluding hydrogens is 256 g/mol. The molecule has 1 atom stereocenters. The summed E-state index contributed by atoms with van der Waals surface area (Å²) < 4.78 is 4.81. The molecule has 2 heterocycles. The van der Waals surface area contributed by atoms with E-state index >= 15 is 0 Å². The van der Waals surface area contributed by atoms with Gasteiger partial charge in [-0.15, -0.1) is 0 Å². The van der Waals surface area contributed by atoms with Gasteiger partial charge >= 0.3 is 5.97 Å². The van der Waals surface area contributed by atoms with Crippen LogP contribution in [0.15, 0.2) is 12.1 Å². The van der Waals surface area contributed by atoms with Gasteiger partial charge in [-0.2, -0.15) is 0 Å². The predicted octanol–water partition coefficient (Wildman–Crippen LogP) is 1.87. The number of esters is 1. The van der Waals surface area contributed by atoms with Crippen LogP contribution >= 0.6 is 0 Å². The minimum absolute atomic E-state index is 0.134. The number of likely N-dealkylation sites (tertiary alicyclic amines) is 1. The Morgan fingerprint density at radius 1 is 1.30 bits per heavy atom. The van der Waals surface area contributed by atoms with E-state index in [1.165, 1.54) is 7.11 Å². The second-order valence-corrected chi connectivity index (χ2v) is 5.12. The van der Waals surface area contributed by atoms with Crippen LogP contribution in [-0.4, -0.2) is 41.5 Å². The van der Waals surface area contributed by atoms with Gasteiger partial charge in [-0.25, -0.2) is 4.79 Å². The molecule has 0 radical (unpaired) electrons. The van der Waals surface area contributed by atoms with E-state index in [-0.39, 0.29) is 11.9 Å². The van der Waals surface area contributed by atoms with E-state index in [0.717, 1.165) is 18.5 Å². The number of pyridine rings is 1. The van der Waals surface area contributed by atoms with Crippen molar-refractivity contribution in [2.24, 2.45) is 0 Å². The van der Waals surface area contributed by atoms with Gasteiger partial charge in [0, 0.05) is 12.2 Å². The highest BCUT2D eigenvalue weighted by Gasteiger charge is 2.33. The van der Waals surface area contributed by atoms with E-state index < -0.39 is 6.04 Å².